The molecule has 0 saturated carbocycles. The Balaban J connectivity index is 2.68. The molecular formula is C11H14ClNO. The molecule has 0 amide bonds. The van der Waals surface area contributed by atoms with Crippen molar-refractivity contribution in [3.8, 4) is 0 Å². The first-order chi connectivity index (χ1) is 6.80. The largest absolute Gasteiger partial charge is 0.411 e. The molecule has 0 radical (unpaired) electrons. The van der Waals surface area contributed by atoms with Crippen molar-refractivity contribution in [1.82, 2.24) is 0 Å². The van der Waals surface area contributed by atoms with Crippen LogP contribution in [0.3, 0.4) is 0 Å². The van der Waals surface area contributed by atoms with E-state index in [1.807, 2.05) is 12.1 Å². The van der Waals surface area contributed by atoms with Gasteiger partial charge in [-0.3, -0.25) is 0 Å². The molecule has 0 aliphatic rings. The molecule has 0 aliphatic carbocycles. The molecule has 1 aromatic carbocycles. The summed E-state index contributed by atoms with van der Waals surface area (Å²) in [6.07, 6.45) is 1.65. The molecule has 0 aliphatic heterocycles. The molecule has 0 unspecified atom stereocenters. The van der Waals surface area contributed by atoms with Crippen LogP contribution in [0, 0.1) is 0 Å². The Bertz CT molecular complexity index is 306. The van der Waals surface area contributed by atoms with Crippen molar-refractivity contribution in [2.45, 2.75) is 19.8 Å². The highest BCUT2D eigenvalue weighted by molar-refractivity contribution is 6.28. The lowest BCUT2D eigenvalue weighted by Gasteiger charge is -2.02. The fraction of sp³-hybridized carbons (Fsp3) is 0.364. The van der Waals surface area contributed by atoms with Crippen LogP contribution in [0.15, 0.2) is 29.4 Å². The van der Waals surface area contributed by atoms with Gasteiger partial charge < -0.3 is 5.21 Å². The van der Waals surface area contributed by atoms with Crippen LogP contribution in [0.4, 0.5) is 0 Å². The van der Waals surface area contributed by atoms with Gasteiger partial charge in [-0.15, -0.1) is 11.6 Å². The number of benzene rings is 1. The van der Waals surface area contributed by atoms with Gasteiger partial charge in [0.2, 0.25) is 0 Å². The highest BCUT2D eigenvalue weighted by atomic mass is 35.5. The second-order valence-corrected chi connectivity index (χ2v) is 3.41. The molecule has 0 bridgehead atoms. The predicted molar refractivity (Wildman–Crippen MR) is 59.5 cm³/mol. The van der Waals surface area contributed by atoms with Crippen molar-refractivity contribution in [3.63, 3.8) is 0 Å². The second-order valence-electron chi connectivity index (χ2n) is 3.15. The molecule has 0 saturated heterocycles. The van der Waals surface area contributed by atoms with Gasteiger partial charge in [0.15, 0.2) is 0 Å². The topological polar surface area (TPSA) is 32.6 Å². The number of nitrogens with zero attached hydrogens (tertiary/aromatic N) is 1. The minimum Gasteiger partial charge on any atom is -0.411 e. The Kier molecular flexibility index (Phi) is 4.47. The Morgan fingerprint density at radius 2 is 1.86 bits per heavy atom. The number of hydrogen-bond donors (Lipinski definition) is 1. The summed E-state index contributed by atoms with van der Waals surface area (Å²) in [6, 6.07) is 8.24. The minimum absolute atomic E-state index is 0.270. The van der Waals surface area contributed by atoms with Crippen LogP contribution in [0.2, 0.25) is 0 Å². The number of rotatable bonds is 4. The zero-order valence-corrected chi connectivity index (χ0v) is 8.96. The van der Waals surface area contributed by atoms with Gasteiger partial charge in [0.05, 0.1) is 11.6 Å². The van der Waals surface area contributed by atoms with E-state index in [1.165, 1.54) is 5.56 Å². The first-order valence-electron chi connectivity index (χ1n) is 4.63. The highest BCUT2D eigenvalue weighted by Crippen LogP contribution is 2.06. The fourth-order valence-electron chi connectivity index (χ4n) is 1.24. The average molecular weight is 212 g/mol. The third-order valence-corrected chi connectivity index (χ3v) is 2.44. The summed E-state index contributed by atoms with van der Waals surface area (Å²) >= 11 is 5.59. The molecule has 0 spiro atoms. The molecule has 1 rings (SSSR count). The molecule has 2 nitrogen and oxygen atoms in total. The van der Waals surface area contributed by atoms with Crippen molar-refractivity contribution in [2.24, 2.45) is 5.16 Å². The van der Waals surface area contributed by atoms with E-state index in [2.05, 4.69) is 24.2 Å². The molecule has 0 fully saturated rings. The summed E-state index contributed by atoms with van der Waals surface area (Å²) in [5.41, 5.74) is 3.02. The first-order valence-corrected chi connectivity index (χ1v) is 5.17. The van der Waals surface area contributed by atoms with Crippen LogP contribution in [0.5, 0.6) is 0 Å². The second kappa shape index (κ2) is 5.66. The maximum Gasteiger partial charge on any atom is 0.0761 e. The van der Waals surface area contributed by atoms with E-state index >= 15 is 0 Å². The number of alkyl halides is 1. The molecule has 3 heteroatoms. The van der Waals surface area contributed by atoms with Gasteiger partial charge >= 0.3 is 0 Å². The number of aryl methyl sites for hydroxylation is 1. The number of halogens is 1. The van der Waals surface area contributed by atoms with Crippen LogP contribution in [0.25, 0.3) is 0 Å². The summed E-state index contributed by atoms with van der Waals surface area (Å²) < 4.78 is 0. The lowest BCUT2D eigenvalue weighted by Crippen LogP contribution is -2.04. The van der Waals surface area contributed by atoms with Crippen molar-refractivity contribution in [2.75, 3.05) is 5.88 Å². The van der Waals surface area contributed by atoms with Crippen molar-refractivity contribution < 1.29 is 5.21 Å². The van der Waals surface area contributed by atoms with Gasteiger partial charge in [0.25, 0.3) is 0 Å². The summed E-state index contributed by atoms with van der Waals surface area (Å²) in [4.78, 5) is 0. The van der Waals surface area contributed by atoms with Gasteiger partial charge in [-0.1, -0.05) is 36.3 Å². The summed E-state index contributed by atoms with van der Waals surface area (Å²) in [6.45, 7) is 2.12. The van der Waals surface area contributed by atoms with Gasteiger partial charge in [0.1, 0.15) is 0 Å². The zero-order valence-electron chi connectivity index (χ0n) is 8.20. The van der Waals surface area contributed by atoms with Crippen molar-refractivity contribution >= 4 is 17.3 Å². The van der Waals surface area contributed by atoms with Gasteiger partial charge in [-0.2, -0.15) is 0 Å². The fourth-order valence-corrected chi connectivity index (χ4v) is 1.39. The van der Waals surface area contributed by atoms with Gasteiger partial charge in [-0.05, 0) is 17.5 Å². The Hall–Kier alpha value is -1.02. The quantitative estimate of drug-likeness (QED) is 0.353. The molecule has 1 aromatic rings. The SMILES string of the molecule is CCc1ccc(CC(CCl)=NO)cc1. The molecular weight excluding hydrogens is 198 g/mol. The molecule has 0 aromatic heterocycles. The van der Waals surface area contributed by atoms with E-state index in [9.17, 15) is 0 Å². The van der Waals surface area contributed by atoms with Crippen molar-refractivity contribution in [1.29, 1.82) is 0 Å². The normalized spacial score (nSPS) is 11.7. The van der Waals surface area contributed by atoms with Crippen molar-refractivity contribution in [3.05, 3.63) is 35.4 Å². The van der Waals surface area contributed by atoms with E-state index < -0.39 is 0 Å². The van der Waals surface area contributed by atoms with Crippen LogP contribution >= 0.6 is 11.6 Å². The summed E-state index contributed by atoms with van der Waals surface area (Å²) in [5.74, 6) is 0.270. The van der Waals surface area contributed by atoms with E-state index in [0.717, 1.165) is 12.0 Å². The summed E-state index contributed by atoms with van der Waals surface area (Å²) in [5, 5.41) is 11.7. The maximum atomic E-state index is 8.59. The monoisotopic (exact) mass is 211 g/mol. The van der Waals surface area contributed by atoms with Gasteiger partial charge in [0, 0.05) is 6.42 Å². The standard InChI is InChI=1S/C11H14ClNO/c1-2-9-3-5-10(6-4-9)7-11(8-12)13-14/h3-6,14H,2,7-8H2,1H3. The average Bonchev–Trinajstić information content (AvgIpc) is 2.26. The Morgan fingerprint density at radius 3 is 2.29 bits per heavy atom. The molecule has 76 valence electrons. The summed E-state index contributed by atoms with van der Waals surface area (Å²) in [7, 11) is 0. The van der Waals surface area contributed by atoms with E-state index in [-0.39, 0.29) is 5.88 Å². The van der Waals surface area contributed by atoms with Crippen LogP contribution in [-0.4, -0.2) is 16.8 Å². The smallest absolute Gasteiger partial charge is 0.0761 e. The van der Waals surface area contributed by atoms with Crippen LogP contribution in [-0.2, 0) is 12.8 Å². The zero-order chi connectivity index (χ0) is 10.4. The molecule has 1 N–H and O–H groups in total. The number of oxime groups is 1. The predicted octanol–water partition coefficient (Wildman–Crippen LogP) is 2.86. The molecule has 14 heavy (non-hydrogen) atoms. The lowest BCUT2D eigenvalue weighted by molar-refractivity contribution is 0.318. The van der Waals surface area contributed by atoms with E-state index in [0.29, 0.717) is 12.1 Å². The van der Waals surface area contributed by atoms with Gasteiger partial charge in [-0.25, -0.2) is 0 Å². The number of hydrogen-bond acceptors (Lipinski definition) is 2. The minimum atomic E-state index is 0.270. The first kappa shape index (κ1) is 11.1. The Morgan fingerprint density at radius 1 is 1.29 bits per heavy atom. The van der Waals surface area contributed by atoms with E-state index in [4.69, 9.17) is 16.8 Å². The Labute approximate surface area is 89.2 Å². The van der Waals surface area contributed by atoms with E-state index in [1.54, 1.807) is 0 Å². The highest BCUT2D eigenvalue weighted by Gasteiger charge is 2.00. The third-order valence-electron chi connectivity index (χ3n) is 2.14. The maximum absolute atomic E-state index is 8.59. The lowest BCUT2D eigenvalue weighted by atomic mass is 10.1. The van der Waals surface area contributed by atoms with Crippen LogP contribution in [0.1, 0.15) is 18.1 Å². The molecule has 0 heterocycles. The molecule has 0 atom stereocenters. The van der Waals surface area contributed by atoms with Crippen LogP contribution < -0.4 is 0 Å². The third kappa shape index (κ3) is 3.04.